The smallest absolute Gasteiger partial charge is 0.328 e. The normalized spacial score (nSPS) is 23.0. The van der Waals surface area contributed by atoms with Crippen LogP contribution < -0.4 is 5.73 Å². The molecule has 31 heavy (non-hydrogen) atoms. The number of benzene rings is 1. The topological polar surface area (TPSA) is 91.1 Å². The number of methoxy groups -OCH3 is 1. The van der Waals surface area contributed by atoms with Gasteiger partial charge in [0.15, 0.2) is 0 Å². The molecule has 1 aromatic carbocycles. The van der Waals surface area contributed by atoms with Gasteiger partial charge in [-0.05, 0) is 30.7 Å². The highest BCUT2D eigenvalue weighted by Gasteiger charge is 2.43. The van der Waals surface area contributed by atoms with E-state index in [1.165, 1.54) is 13.5 Å². The van der Waals surface area contributed by atoms with Crippen LogP contribution in [0.3, 0.4) is 0 Å². The molecule has 0 bridgehead atoms. The first kappa shape index (κ1) is 23.7. The number of carbonyl (C=O) groups is 2. The molecule has 0 aromatic heterocycles. The van der Waals surface area contributed by atoms with E-state index in [2.05, 4.69) is 0 Å². The van der Waals surface area contributed by atoms with Gasteiger partial charge in [0.05, 0.1) is 25.9 Å². The number of carbonyl (C=O) groups excluding carboxylic acids is 2. The lowest BCUT2D eigenvalue weighted by Gasteiger charge is -2.31. The summed E-state index contributed by atoms with van der Waals surface area (Å²) in [7, 11) is 1.35. The number of nitrogens with two attached hydrogens (primary N) is 1. The highest BCUT2D eigenvalue weighted by atomic mass is 16.5. The molecule has 0 spiro atoms. The van der Waals surface area contributed by atoms with Gasteiger partial charge in [-0.1, -0.05) is 49.6 Å². The van der Waals surface area contributed by atoms with E-state index >= 15 is 0 Å². The monoisotopic (exact) mass is 432 g/mol. The number of amides is 1. The number of esters is 1. The van der Waals surface area contributed by atoms with Crippen molar-refractivity contribution < 1.29 is 23.8 Å². The quantitative estimate of drug-likeness (QED) is 0.452. The average Bonchev–Trinajstić information content (AvgIpc) is 3.25. The lowest BCUT2D eigenvalue weighted by atomic mass is 9.83. The Morgan fingerprint density at radius 2 is 1.87 bits per heavy atom. The van der Waals surface area contributed by atoms with Crippen LogP contribution in [0, 0.1) is 5.92 Å². The first-order valence-electron chi connectivity index (χ1n) is 11.5. The van der Waals surface area contributed by atoms with Gasteiger partial charge in [0, 0.05) is 26.2 Å². The van der Waals surface area contributed by atoms with Crippen LogP contribution >= 0.6 is 0 Å². The van der Waals surface area contributed by atoms with E-state index in [-0.39, 0.29) is 17.9 Å². The maximum absolute atomic E-state index is 13.1. The van der Waals surface area contributed by atoms with Gasteiger partial charge in [-0.25, -0.2) is 4.79 Å². The molecular formula is C24H36N2O5. The summed E-state index contributed by atoms with van der Waals surface area (Å²) in [4.78, 5) is 27.0. The molecule has 2 N–H and O–H groups in total. The van der Waals surface area contributed by atoms with Crippen LogP contribution in [0.15, 0.2) is 30.3 Å². The van der Waals surface area contributed by atoms with Crippen LogP contribution in [-0.2, 0) is 30.4 Å². The van der Waals surface area contributed by atoms with Crippen LogP contribution in [0.2, 0.25) is 0 Å². The molecule has 1 heterocycles. The van der Waals surface area contributed by atoms with Crippen molar-refractivity contribution in [2.45, 2.75) is 69.7 Å². The molecule has 2 fully saturated rings. The molecule has 1 amide bonds. The molecule has 1 aliphatic heterocycles. The predicted molar refractivity (Wildman–Crippen MR) is 117 cm³/mol. The summed E-state index contributed by atoms with van der Waals surface area (Å²) in [5, 5.41) is 0. The summed E-state index contributed by atoms with van der Waals surface area (Å²) in [6.07, 6.45) is 6.40. The van der Waals surface area contributed by atoms with Crippen molar-refractivity contribution in [3.8, 4) is 0 Å². The van der Waals surface area contributed by atoms with Crippen molar-refractivity contribution >= 4 is 11.9 Å². The molecule has 1 saturated carbocycles. The lowest BCUT2D eigenvalue weighted by molar-refractivity contribution is -0.151. The van der Waals surface area contributed by atoms with E-state index in [0.717, 1.165) is 37.7 Å². The minimum atomic E-state index is -0.619. The highest BCUT2D eigenvalue weighted by molar-refractivity contribution is 5.88. The van der Waals surface area contributed by atoms with Crippen LogP contribution in [0.5, 0.6) is 0 Å². The van der Waals surface area contributed by atoms with Crippen molar-refractivity contribution in [3.63, 3.8) is 0 Å². The third-order valence-electron chi connectivity index (χ3n) is 6.36. The molecule has 0 radical (unpaired) electrons. The largest absolute Gasteiger partial charge is 0.467 e. The molecule has 3 rings (SSSR count). The Hall–Kier alpha value is -1.96. The predicted octanol–water partition coefficient (Wildman–Crippen LogP) is 2.66. The molecular weight excluding hydrogens is 396 g/mol. The molecule has 1 saturated heterocycles. The molecule has 1 unspecified atom stereocenters. The van der Waals surface area contributed by atoms with Crippen molar-refractivity contribution in [2.75, 3.05) is 26.9 Å². The van der Waals surface area contributed by atoms with Crippen molar-refractivity contribution in [3.05, 3.63) is 35.9 Å². The Morgan fingerprint density at radius 3 is 2.58 bits per heavy atom. The van der Waals surface area contributed by atoms with Gasteiger partial charge in [0.25, 0.3) is 0 Å². The van der Waals surface area contributed by atoms with Crippen molar-refractivity contribution in [1.29, 1.82) is 0 Å². The Balaban J connectivity index is 1.44. The Kier molecular flexibility index (Phi) is 9.31. The van der Waals surface area contributed by atoms with Crippen LogP contribution in [0.1, 0.15) is 50.5 Å². The summed E-state index contributed by atoms with van der Waals surface area (Å²) in [6, 6.07) is 8.86. The zero-order chi connectivity index (χ0) is 22.1. The van der Waals surface area contributed by atoms with E-state index < -0.39 is 18.1 Å². The van der Waals surface area contributed by atoms with Gasteiger partial charge in [-0.2, -0.15) is 0 Å². The summed E-state index contributed by atoms with van der Waals surface area (Å²) in [6.45, 7) is 2.07. The fraction of sp³-hybridized carbons (Fsp3) is 0.667. The Labute approximate surface area is 185 Å². The van der Waals surface area contributed by atoms with E-state index in [4.69, 9.17) is 19.9 Å². The van der Waals surface area contributed by atoms with Gasteiger partial charge in [0.1, 0.15) is 6.04 Å². The maximum Gasteiger partial charge on any atom is 0.328 e. The summed E-state index contributed by atoms with van der Waals surface area (Å²) in [5.74, 6) is -0.359. The van der Waals surface area contributed by atoms with Gasteiger partial charge in [0.2, 0.25) is 5.91 Å². The van der Waals surface area contributed by atoms with E-state index in [1.54, 1.807) is 4.90 Å². The van der Waals surface area contributed by atoms with E-state index in [9.17, 15) is 9.59 Å². The standard InChI is InChI=1S/C24H36N2O5/c1-29-24(28)21-15-20(31-14-8-13-30-17-18-9-4-2-5-10-18)16-26(21)23(27)22(25)19-11-6-3-7-12-19/h2,4-5,9-10,19-22H,3,6-8,11-17,25H2,1H3/t20-,21?,22+/m1/s1. The second-order valence-corrected chi connectivity index (χ2v) is 8.57. The maximum atomic E-state index is 13.1. The molecule has 172 valence electrons. The first-order valence-corrected chi connectivity index (χ1v) is 11.5. The molecule has 7 nitrogen and oxygen atoms in total. The van der Waals surface area contributed by atoms with Crippen LogP contribution in [0.4, 0.5) is 0 Å². The Morgan fingerprint density at radius 1 is 1.13 bits per heavy atom. The highest BCUT2D eigenvalue weighted by Crippen LogP contribution is 2.29. The molecule has 1 aliphatic carbocycles. The second-order valence-electron chi connectivity index (χ2n) is 8.57. The zero-order valence-electron chi connectivity index (χ0n) is 18.5. The first-order chi connectivity index (χ1) is 15.1. The Bertz CT molecular complexity index is 692. The number of ether oxygens (including phenoxy) is 3. The van der Waals surface area contributed by atoms with Crippen molar-refractivity contribution in [1.82, 2.24) is 4.90 Å². The van der Waals surface area contributed by atoms with E-state index in [0.29, 0.717) is 32.8 Å². The summed E-state index contributed by atoms with van der Waals surface area (Å²) in [5.41, 5.74) is 7.47. The second kappa shape index (κ2) is 12.2. The van der Waals surface area contributed by atoms with Gasteiger partial charge in [-0.3, -0.25) is 4.79 Å². The van der Waals surface area contributed by atoms with Gasteiger partial charge in [-0.15, -0.1) is 0 Å². The third kappa shape index (κ3) is 6.76. The third-order valence-corrected chi connectivity index (χ3v) is 6.36. The number of nitrogens with zero attached hydrogens (tertiary/aromatic N) is 1. The molecule has 3 atom stereocenters. The van der Waals surface area contributed by atoms with Crippen LogP contribution in [0.25, 0.3) is 0 Å². The van der Waals surface area contributed by atoms with E-state index in [1.807, 2.05) is 30.3 Å². The fourth-order valence-electron chi connectivity index (χ4n) is 4.58. The fourth-order valence-corrected chi connectivity index (χ4v) is 4.58. The minimum absolute atomic E-state index is 0.153. The number of likely N-dealkylation sites (tertiary alicyclic amines) is 1. The molecule has 7 heteroatoms. The number of hydrogen-bond donors (Lipinski definition) is 1. The zero-order valence-corrected chi connectivity index (χ0v) is 18.5. The number of hydrogen-bond acceptors (Lipinski definition) is 6. The number of rotatable bonds is 10. The average molecular weight is 433 g/mol. The lowest BCUT2D eigenvalue weighted by Crippen LogP contribution is -2.52. The summed E-state index contributed by atoms with van der Waals surface area (Å²) < 4.78 is 16.6. The van der Waals surface area contributed by atoms with Crippen molar-refractivity contribution in [2.24, 2.45) is 11.7 Å². The van der Waals surface area contributed by atoms with Gasteiger partial charge >= 0.3 is 5.97 Å². The molecule has 2 aliphatic rings. The molecule has 1 aromatic rings. The van der Waals surface area contributed by atoms with Gasteiger partial charge < -0.3 is 24.8 Å². The minimum Gasteiger partial charge on any atom is -0.467 e. The van der Waals surface area contributed by atoms with Crippen LogP contribution in [-0.4, -0.2) is 61.8 Å². The summed E-state index contributed by atoms with van der Waals surface area (Å²) >= 11 is 0. The SMILES string of the molecule is COC(=O)C1C[C@@H](OCCCOCc2ccccc2)CN1C(=O)[C@@H](N)C1CCCCC1.